The molecule has 0 aromatic carbocycles. The van der Waals surface area contributed by atoms with E-state index in [-0.39, 0.29) is 17.5 Å². The second-order valence-corrected chi connectivity index (χ2v) is 5.88. The van der Waals surface area contributed by atoms with Crippen LogP contribution in [0.15, 0.2) is 0 Å². The van der Waals surface area contributed by atoms with E-state index in [4.69, 9.17) is 4.74 Å². The first-order valence-electron chi connectivity index (χ1n) is 6.14. The van der Waals surface area contributed by atoms with Crippen LogP contribution in [0.5, 0.6) is 0 Å². The van der Waals surface area contributed by atoms with Crippen LogP contribution in [0.2, 0.25) is 0 Å². The van der Waals surface area contributed by atoms with Gasteiger partial charge in [0.2, 0.25) is 0 Å². The van der Waals surface area contributed by atoms with E-state index in [1.807, 2.05) is 13.2 Å². The minimum atomic E-state index is -0.0612. The molecule has 1 aliphatic carbocycles. The third kappa shape index (κ3) is 4.76. The Bertz CT molecular complexity index is 245. The van der Waals surface area contributed by atoms with Gasteiger partial charge in [0.1, 0.15) is 0 Å². The minimum Gasteiger partial charge on any atom is -0.384 e. The summed E-state index contributed by atoms with van der Waals surface area (Å²) in [5.41, 5.74) is 0.189. The number of hydrogen-bond donors (Lipinski definition) is 2. The molecule has 4 nitrogen and oxygen atoms in total. The lowest BCUT2D eigenvalue weighted by Gasteiger charge is -2.41. The van der Waals surface area contributed by atoms with Crippen LogP contribution < -0.4 is 10.6 Å². The van der Waals surface area contributed by atoms with Gasteiger partial charge in [0.15, 0.2) is 0 Å². The quantitative estimate of drug-likeness (QED) is 0.734. The molecule has 0 unspecified atom stereocenters. The molecule has 1 saturated carbocycles. The van der Waals surface area contributed by atoms with Crippen LogP contribution in [0, 0.1) is 5.41 Å². The molecule has 0 radical (unpaired) electrons. The van der Waals surface area contributed by atoms with Crippen molar-refractivity contribution in [2.45, 2.75) is 32.2 Å². The fourth-order valence-corrected chi connectivity index (χ4v) is 2.77. The number of nitrogens with one attached hydrogen (secondary N) is 2. The maximum Gasteiger partial charge on any atom is 0.315 e. The van der Waals surface area contributed by atoms with Gasteiger partial charge in [-0.05, 0) is 26.0 Å². The highest BCUT2D eigenvalue weighted by Gasteiger charge is 2.37. The van der Waals surface area contributed by atoms with E-state index < -0.39 is 0 Å². The topological polar surface area (TPSA) is 50.4 Å². The number of rotatable bonds is 7. The average molecular weight is 260 g/mol. The van der Waals surface area contributed by atoms with Crippen LogP contribution in [0.1, 0.15) is 26.2 Å². The van der Waals surface area contributed by atoms with Crippen LogP contribution in [-0.4, -0.2) is 44.3 Å². The van der Waals surface area contributed by atoms with Crippen molar-refractivity contribution in [1.82, 2.24) is 10.6 Å². The SMILES string of the molecule is COCC1(CNC(=O)N[C@@H](C)CSC)CCC1. The van der Waals surface area contributed by atoms with E-state index in [1.165, 1.54) is 6.42 Å². The molecule has 2 N–H and O–H groups in total. The van der Waals surface area contributed by atoms with Gasteiger partial charge >= 0.3 is 6.03 Å². The van der Waals surface area contributed by atoms with Crippen LogP contribution in [0.4, 0.5) is 4.79 Å². The van der Waals surface area contributed by atoms with Gasteiger partial charge in [-0.3, -0.25) is 0 Å². The van der Waals surface area contributed by atoms with Gasteiger partial charge in [-0.15, -0.1) is 0 Å². The molecular weight excluding hydrogens is 236 g/mol. The van der Waals surface area contributed by atoms with E-state index in [0.717, 1.165) is 31.7 Å². The van der Waals surface area contributed by atoms with E-state index in [1.54, 1.807) is 18.9 Å². The summed E-state index contributed by atoms with van der Waals surface area (Å²) in [6, 6.07) is 0.152. The lowest BCUT2D eigenvalue weighted by Crippen LogP contribution is -2.49. The predicted octanol–water partition coefficient (Wildman–Crippen LogP) is 1.85. The molecular formula is C12H24N2O2S. The third-order valence-electron chi connectivity index (χ3n) is 3.28. The van der Waals surface area contributed by atoms with Gasteiger partial charge in [0.05, 0.1) is 6.61 Å². The summed E-state index contributed by atoms with van der Waals surface area (Å²) in [7, 11) is 1.72. The van der Waals surface area contributed by atoms with Crippen LogP contribution >= 0.6 is 11.8 Å². The first-order valence-corrected chi connectivity index (χ1v) is 7.53. The van der Waals surface area contributed by atoms with Gasteiger partial charge in [0, 0.05) is 30.9 Å². The number of carbonyl (C=O) groups excluding carboxylic acids is 1. The summed E-state index contributed by atoms with van der Waals surface area (Å²) in [5, 5.41) is 5.89. The molecule has 100 valence electrons. The Labute approximate surface area is 108 Å². The van der Waals surface area contributed by atoms with E-state index in [0.29, 0.717) is 0 Å². The standard InChI is InChI=1S/C12H24N2O2S/c1-10(7-17-3)14-11(15)13-8-12(9-16-2)5-4-6-12/h10H,4-9H2,1-3H3,(H2,13,14,15)/t10-/m0/s1. The van der Waals surface area contributed by atoms with Gasteiger partial charge in [-0.25, -0.2) is 4.79 Å². The number of urea groups is 1. The summed E-state index contributed by atoms with van der Waals surface area (Å²) >= 11 is 1.74. The molecule has 5 heteroatoms. The van der Waals surface area contributed by atoms with Crippen LogP contribution in [-0.2, 0) is 4.74 Å². The Morgan fingerprint density at radius 3 is 2.71 bits per heavy atom. The highest BCUT2D eigenvalue weighted by Crippen LogP contribution is 2.40. The molecule has 0 saturated heterocycles. The molecule has 0 spiro atoms. The van der Waals surface area contributed by atoms with Crippen molar-refractivity contribution in [3.63, 3.8) is 0 Å². The Kier molecular flexibility index (Phi) is 6.12. The zero-order chi connectivity index (χ0) is 12.7. The largest absolute Gasteiger partial charge is 0.384 e. The second-order valence-electron chi connectivity index (χ2n) is 4.97. The smallest absolute Gasteiger partial charge is 0.315 e. The maximum atomic E-state index is 11.6. The van der Waals surface area contributed by atoms with Crippen molar-refractivity contribution in [2.75, 3.05) is 32.3 Å². The molecule has 1 aliphatic rings. The lowest BCUT2D eigenvalue weighted by atomic mass is 9.69. The number of ether oxygens (including phenoxy) is 1. The van der Waals surface area contributed by atoms with Gasteiger partial charge in [-0.2, -0.15) is 11.8 Å². The maximum absolute atomic E-state index is 11.6. The minimum absolute atomic E-state index is 0.0612. The van der Waals surface area contributed by atoms with Crippen molar-refractivity contribution in [1.29, 1.82) is 0 Å². The number of hydrogen-bond acceptors (Lipinski definition) is 3. The fourth-order valence-electron chi connectivity index (χ4n) is 2.19. The highest BCUT2D eigenvalue weighted by atomic mass is 32.2. The molecule has 0 aliphatic heterocycles. The Balaban J connectivity index is 2.22. The molecule has 1 rings (SSSR count). The lowest BCUT2D eigenvalue weighted by molar-refractivity contribution is 0.0200. The number of amides is 2. The monoisotopic (exact) mass is 260 g/mol. The van der Waals surface area contributed by atoms with Gasteiger partial charge in [-0.1, -0.05) is 6.42 Å². The molecule has 1 fully saturated rings. The number of methoxy groups -OCH3 is 1. The second kappa shape index (κ2) is 7.11. The molecule has 0 aromatic rings. The fraction of sp³-hybridized carbons (Fsp3) is 0.917. The van der Waals surface area contributed by atoms with Crippen molar-refractivity contribution >= 4 is 17.8 Å². The number of carbonyl (C=O) groups is 1. The normalized spacial score (nSPS) is 19.2. The highest BCUT2D eigenvalue weighted by molar-refractivity contribution is 7.98. The first-order chi connectivity index (χ1) is 8.12. The van der Waals surface area contributed by atoms with Gasteiger partial charge < -0.3 is 15.4 Å². The van der Waals surface area contributed by atoms with Crippen molar-refractivity contribution < 1.29 is 9.53 Å². The molecule has 0 bridgehead atoms. The molecule has 0 aromatic heterocycles. The molecule has 17 heavy (non-hydrogen) atoms. The molecule has 0 heterocycles. The van der Waals surface area contributed by atoms with Gasteiger partial charge in [0.25, 0.3) is 0 Å². The Morgan fingerprint density at radius 2 is 2.24 bits per heavy atom. The predicted molar refractivity (Wildman–Crippen MR) is 72.5 cm³/mol. The summed E-state index contributed by atoms with van der Waals surface area (Å²) in [6.45, 7) is 3.48. The van der Waals surface area contributed by atoms with E-state index >= 15 is 0 Å². The van der Waals surface area contributed by atoms with Crippen molar-refractivity contribution in [3.05, 3.63) is 0 Å². The average Bonchev–Trinajstić information content (AvgIpc) is 2.22. The van der Waals surface area contributed by atoms with Crippen molar-refractivity contribution in [3.8, 4) is 0 Å². The summed E-state index contributed by atoms with van der Waals surface area (Å²) in [6.07, 6.45) is 5.59. The van der Waals surface area contributed by atoms with Crippen molar-refractivity contribution in [2.24, 2.45) is 5.41 Å². The Morgan fingerprint density at radius 1 is 1.53 bits per heavy atom. The zero-order valence-corrected chi connectivity index (χ0v) is 11.9. The summed E-state index contributed by atoms with van der Waals surface area (Å²) < 4.78 is 5.23. The molecule has 2 amide bonds. The summed E-state index contributed by atoms with van der Waals surface area (Å²) in [4.78, 5) is 11.6. The van der Waals surface area contributed by atoms with Crippen LogP contribution in [0.3, 0.4) is 0 Å². The molecule has 1 atom stereocenters. The van der Waals surface area contributed by atoms with E-state index in [9.17, 15) is 4.79 Å². The summed E-state index contributed by atoms with van der Waals surface area (Å²) in [5.74, 6) is 0.941. The zero-order valence-electron chi connectivity index (χ0n) is 11.0. The first kappa shape index (κ1) is 14.6. The number of thioether (sulfide) groups is 1. The third-order valence-corrected chi connectivity index (χ3v) is 4.12. The van der Waals surface area contributed by atoms with Crippen LogP contribution in [0.25, 0.3) is 0 Å². The van der Waals surface area contributed by atoms with E-state index in [2.05, 4.69) is 10.6 Å². The Hall–Kier alpha value is -0.420.